The fraction of sp³-hybridized carbons (Fsp3) is 0.364. The molecule has 3 N–H and O–H groups in total. The number of H-pyrrole nitrogens is 1. The molecule has 32 heavy (non-hydrogen) atoms. The third-order valence-corrected chi connectivity index (χ3v) is 5.35. The summed E-state index contributed by atoms with van der Waals surface area (Å²) in [4.78, 5) is 32.4. The van der Waals surface area contributed by atoms with E-state index in [1.165, 1.54) is 4.68 Å². The lowest BCUT2D eigenvalue weighted by atomic mass is 9.97. The third kappa shape index (κ3) is 4.43. The van der Waals surface area contributed by atoms with Crippen LogP contribution in [0.1, 0.15) is 35.4 Å². The third-order valence-electron chi connectivity index (χ3n) is 5.35. The maximum atomic E-state index is 12.5. The summed E-state index contributed by atoms with van der Waals surface area (Å²) in [5, 5.41) is 9.98. The zero-order valence-electron chi connectivity index (χ0n) is 18.3. The van der Waals surface area contributed by atoms with Gasteiger partial charge in [0.05, 0.1) is 25.6 Å². The molecule has 0 fully saturated rings. The molecule has 168 valence electrons. The van der Waals surface area contributed by atoms with Gasteiger partial charge in [-0.15, -0.1) is 0 Å². The largest absolute Gasteiger partial charge is 0.493 e. The molecule has 10 heteroatoms. The number of nitrogens with zero attached hydrogens (tertiary/aromatic N) is 3. The highest BCUT2D eigenvalue weighted by molar-refractivity contribution is 5.88. The van der Waals surface area contributed by atoms with Crippen molar-refractivity contribution in [2.45, 2.75) is 39.2 Å². The van der Waals surface area contributed by atoms with Gasteiger partial charge in [0.2, 0.25) is 5.95 Å². The molecule has 0 radical (unpaired) electrons. The molecule has 0 spiro atoms. The first-order valence-electron chi connectivity index (χ1n) is 10.4. The molecule has 3 aromatic rings. The number of aryl methyl sites for hydroxylation is 2. The lowest BCUT2D eigenvalue weighted by molar-refractivity contribution is 0.251. The number of amides is 2. The summed E-state index contributed by atoms with van der Waals surface area (Å²) in [5.74, 6) is 1.90. The van der Waals surface area contributed by atoms with E-state index in [0.29, 0.717) is 29.0 Å². The van der Waals surface area contributed by atoms with E-state index >= 15 is 0 Å². The van der Waals surface area contributed by atoms with Crippen LogP contribution >= 0.6 is 0 Å². The van der Waals surface area contributed by atoms with Gasteiger partial charge in [-0.3, -0.25) is 15.1 Å². The Hall–Kier alpha value is -3.82. The fourth-order valence-corrected chi connectivity index (χ4v) is 3.77. The minimum Gasteiger partial charge on any atom is -0.493 e. The number of carbonyl (C=O) groups excluding carboxylic acids is 1. The average Bonchev–Trinajstić information content (AvgIpc) is 3.17. The van der Waals surface area contributed by atoms with Crippen molar-refractivity contribution in [3.05, 3.63) is 57.1 Å². The zero-order chi connectivity index (χ0) is 22.7. The molecular formula is C22H26N6O4. The maximum absolute atomic E-state index is 12.5. The Kier molecular flexibility index (Phi) is 6.11. The second-order valence-electron chi connectivity index (χ2n) is 7.60. The van der Waals surface area contributed by atoms with Gasteiger partial charge in [-0.1, -0.05) is 6.07 Å². The van der Waals surface area contributed by atoms with Crippen LogP contribution in [-0.2, 0) is 19.4 Å². The topological polar surface area (TPSA) is 123 Å². The first kappa shape index (κ1) is 21.4. The number of rotatable bonds is 6. The highest BCUT2D eigenvalue weighted by atomic mass is 16.5. The van der Waals surface area contributed by atoms with Crippen LogP contribution in [0.3, 0.4) is 0 Å². The molecule has 0 unspecified atom stereocenters. The van der Waals surface area contributed by atoms with E-state index in [1.54, 1.807) is 39.3 Å². The lowest BCUT2D eigenvalue weighted by Gasteiger charge is -2.15. The summed E-state index contributed by atoms with van der Waals surface area (Å²) < 4.78 is 12.0. The second kappa shape index (κ2) is 9.13. The van der Waals surface area contributed by atoms with E-state index in [9.17, 15) is 9.59 Å². The van der Waals surface area contributed by atoms with E-state index in [2.05, 4.69) is 25.7 Å². The molecule has 0 atom stereocenters. The molecule has 2 heterocycles. The number of hydrogen-bond donors (Lipinski definition) is 3. The number of aromatic nitrogens is 4. The summed E-state index contributed by atoms with van der Waals surface area (Å²) in [6.45, 7) is 2.09. The Morgan fingerprint density at radius 2 is 1.94 bits per heavy atom. The van der Waals surface area contributed by atoms with Gasteiger partial charge < -0.3 is 14.8 Å². The SMILES string of the molecule is COc1ccc(CNC(=O)Nc2cc(C)nn2-c2nc3c(c(=O)[nH]2)CCCC3)cc1OC. The van der Waals surface area contributed by atoms with E-state index < -0.39 is 6.03 Å². The number of hydrogen-bond acceptors (Lipinski definition) is 6. The van der Waals surface area contributed by atoms with Crippen molar-refractivity contribution in [1.82, 2.24) is 25.1 Å². The molecule has 0 saturated carbocycles. The number of benzene rings is 1. The summed E-state index contributed by atoms with van der Waals surface area (Å²) in [5.41, 5.74) is 2.92. The van der Waals surface area contributed by atoms with Crippen LogP contribution in [0.15, 0.2) is 29.1 Å². The van der Waals surface area contributed by atoms with Crippen LogP contribution in [0.2, 0.25) is 0 Å². The van der Waals surface area contributed by atoms with Crippen LogP contribution in [0.5, 0.6) is 11.5 Å². The Morgan fingerprint density at radius 1 is 1.16 bits per heavy atom. The first-order chi connectivity index (χ1) is 15.5. The van der Waals surface area contributed by atoms with Crippen molar-refractivity contribution in [2.24, 2.45) is 0 Å². The highest BCUT2D eigenvalue weighted by Crippen LogP contribution is 2.27. The molecule has 1 aliphatic rings. The number of aromatic amines is 1. The number of nitrogens with one attached hydrogen (secondary N) is 3. The zero-order valence-corrected chi connectivity index (χ0v) is 18.3. The van der Waals surface area contributed by atoms with Crippen molar-refractivity contribution in [1.29, 1.82) is 0 Å². The van der Waals surface area contributed by atoms with Gasteiger partial charge in [0.25, 0.3) is 5.56 Å². The van der Waals surface area contributed by atoms with Gasteiger partial charge in [-0.25, -0.2) is 9.78 Å². The van der Waals surface area contributed by atoms with Gasteiger partial charge in [0.1, 0.15) is 5.82 Å². The smallest absolute Gasteiger partial charge is 0.320 e. The van der Waals surface area contributed by atoms with Crippen molar-refractivity contribution in [3.63, 3.8) is 0 Å². The van der Waals surface area contributed by atoms with Crippen LogP contribution < -0.4 is 25.7 Å². The molecular weight excluding hydrogens is 412 g/mol. The van der Waals surface area contributed by atoms with Crippen LogP contribution in [-0.4, -0.2) is 40.0 Å². The standard InChI is InChI=1S/C22H26N6O4/c1-13-10-19(25-22(30)23-12-14-8-9-17(31-2)18(11-14)32-3)28(27-13)21-24-16-7-5-4-6-15(16)20(29)26-21/h8-11H,4-7,12H2,1-3H3,(H2,23,25,30)(H,24,26,29). The van der Waals surface area contributed by atoms with E-state index in [1.807, 2.05) is 6.07 Å². The molecule has 0 aliphatic heterocycles. The van der Waals surface area contributed by atoms with E-state index in [-0.39, 0.29) is 12.1 Å². The Morgan fingerprint density at radius 3 is 2.72 bits per heavy atom. The minimum absolute atomic E-state index is 0.151. The van der Waals surface area contributed by atoms with Gasteiger partial charge in [-0.2, -0.15) is 9.78 Å². The molecule has 2 aromatic heterocycles. The van der Waals surface area contributed by atoms with Gasteiger partial charge in [0, 0.05) is 18.2 Å². The normalized spacial score (nSPS) is 12.7. The molecule has 1 aliphatic carbocycles. The first-order valence-corrected chi connectivity index (χ1v) is 10.4. The Labute approximate surface area is 185 Å². The summed E-state index contributed by atoms with van der Waals surface area (Å²) >= 11 is 0. The van der Waals surface area contributed by atoms with Crippen molar-refractivity contribution in [2.75, 3.05) is 19.5 Å². The number of fused-ring (bicyclic) bond motifs is 1. The average molecular weight is 438 g/mol. The van der Waals surface area contributed by atoms with Crippen molar-refractivity contribution in [3.8, 4) is 17.4 Å². The van der Waals surface area contributed by atoms with E-state index in [0.717, 1.165) is 42.5 Å². The highest BCUT2D eigenvalue weighted by Gasteiger charge is 2.19. The maximum Gasteiger partial charge on any atom is 0.320 e. The van der Waals surface area contributed by atoms with Crippen LogP contribution in [0.25, 0.3) is 5.95 Å². The molecule has 2 amide bonds. The molecule has 4 rings (SSSR count). The predicted molar refractivity (Wildman–Crippen MR) is 119 cm³/mol. The molecule has 10 nitrogen and oxygen atoms in total. The summed E-state index contributed by atoms with van der Waals surface area (Å²) in [7, 11) is 3.13. The van der Waals surface area contributed by atoms with Crippen LogP contribution in [0, 0.1) is 6.92 Å². The second-order valence-corrected chi connectivity index (χ2v) is 7.60. The fourth-order valence-electron chi connectivity index (χ4n) is 3.77. The monoisotopic (exact) mass is 438 g/mol. The van der Waals surface area contributed by atoms with E-state index in [4.69, 9.17) is 9.47 Å². The number of ether oxygens (including phenoxy) is 2. The summed E-state index contributed by atoms with van der Waals surface area (Å²) in [6, 6.07) is 6.73. The van der Waals surface area contributed by atoms with Crippen molar-refractivity contribution >= 4 is 11.8 Å². The quantitative estimate of drug-likeness (QED) is 0.543. The predicted octanol–water partition coefficient (Wildman–Crippen LogP) is 2.48. The van der Waals surface area contributed by atoms with Gasteiger partial charge >= 0.3 is 6.03 Å². The Bertz CT molecular complexity index is 1200. The number of anilines is 1. The minimum atomic E-state index is -0.416. The number of urea groups is 1. The molecule has 0 bridgehead atoms. The molecule has 0 saturated heterocycles. The molecule has 1 aromatic carbocycles. The number of methoxy groups -OCH3 is 2. The van der Waals surface area contributed by atoms with Crippen LogP contribution in [0.4, 0.5) is 10.6 Å². The summed E-state index contributed by atoms with van der Waals surface area (Å²) in [6.07, 6.45) is 3.50. The van der Waals surface area contributed by atoms with Gasteiger partial charge in [0.15, 0.2) is 11.5 Å². The van der Waals surface area contributed by atoms with Gasteiger partial charge in [-0.05, 0) is 50.3 Å². The number of carbonyl (C=O) groups is 1. The Balaban J connectivity index is 1.50. The van der Waals surface area contributed by atoms with Crippen molar-refractivity contribution < 1.29 is 14.3 Å². The lowest BCUT2D eigenvalue weighted by Crippen LogP contribution is -2.30.